The zero-order chi connectivity index (χ0) is 30.9. The number of nitrogens with zero attached hydrogens (tertiary/aromatic N) is 6. The molecule has 1 atom stereocenters. The lowest BCUT2D eigenvalue weighted by molar-refractivity contribution is -0.117. The van der Waals surface area contributed by atoms with Gasteiger partial charge in [0.2, 0.25) is 5.91 Å². The summed E-state index contributed by atoms with van der Waals surface area (Å²) in [6.07, 6.45) is 6.43. The number of rotatable bonds is 10. The third-order valence-electron chi connectivity index (χ3n) is 6.56. The molecule has 222 valence electrons. The monoisotopic (exact) mass is 626 g/mol. The van der Waals surface area contributed by atoms with Gasteiger partial charge in [0.15, 0.2) is 0 Å². The molecule has 5 aromatic rings. The Labute approximate surface area is 262 Å². The fourth-order valence-electron chi connectivity index (χ4n) is 4.43. The normalized spacial score (nSPS) is 11.7. The van der Waals surface area contributed by atoms with Gasteiger partial charge in [-0.05, 0) is 76.7 Å². The third kappa shape index (κ3) is 7.65. The van der Waals surface area contributed by atoms with Crippen LogP contribution in [0.5, 0.6) is 0 Å². The maximum absolute atomic E-state index is 13.3. The largest absolute Gasteiger partial charge is 0.453 e. The van der Waals surface area contributed by atoms with Gasteiger partial charge in [-0.3, -0.25) is 10.1 Å². The average Bonchev–Trinajstić information content (AvgIpc) is 3.59. The highest BCUT2D eigenvalue weighted by molar-refractivity contribution is 7.98. The fourth-order valence-corrected chi connectivity index (χ4v) is 5.13. The van der Waals surface area contributed by atoms with Crippen LogP contribution in [0.2, 0.25) is 5.02 Å². The number of halogens is 1. The smallest absolute Gasteiger partial charge is 0.411 e. The molecule has 0 saturated carbocycles. The number of benzene rings is 3. The van der Waals surface area contributed by atoms with Gasteiger partial charge in [-0.1, -0.05) is 54.1 Å². The molecule has 13 heteroatoms. The van der Waals surface area contributed by atoms with Crippen molar-refractivity contribution in [3.63, 3.8) is 0 Å². The second-order valence-corrected chi connectivity index (χ2v) is 10.7. The van der Waals surface area contributed by atoms with Crippen LogP contribution in [0.4, 0.5) is 10.5 Å². The Kier molecular flexibility index (Phi) is 9.95. The second kappa shape index (κ2) is 14.4. The van der Waals surface area contributed by atoms with E-state index in [1.165, 1.54) is 36.0 Å². The third-order valence-corrected chi connectivity index (χ3v) is 7.48. The number of methoxy groups -OCH3 is 1. The van der Waals surface area contributed by atoms with Gasteiger partial charge in [0.1, 0.15) is 11.4 Å². The van der Waals surface area contributed by atoms with Gasteiger partial charge in [0.05, 0.1) is 24.5 Å². The van der Waals surface area contributed by atoms with E-state index in [1.807, 2.05) is 54.8 Å². The first-order chi connectivity index (χ1) is 21.4. The van der Waals surface area contributed by atoms with E-state index in [0.29, 0.717) is 34.1 Å². The number of nitrogens with one attached hydrogen (secondary N) is 2. The number of thioether (sulfide) groups is 1. The summed E-state index contributed by atoms with van der Waals surface area (Å²) in [5.41, 5.74) is 5.26. The molecule has 1 unspecified atom stereocenters. The van der Waals surface area contributed by atoms with E-state index >= 15 is 0 Å². The highest BCUT2D eigenvalue weighted by Crippen LogP contribution is 2.31. The van der Waals surface area contributed by atoms with Crippen LogP contribution >= 0.6 is 23.4 Å². The van der Waals surface area contributed by atoms with E-state index in [9.17, 15) is 9.59 Å². The molecule has 2 aromatic heterocycles. The molecule has 44 heavy (non-hydrogen) atoms. The summed E-state index contributed by atoms with van der Waals surface area (Å²) in [7, 11) is 1.31. The second-order valence-electron chi connectivity index (χ2n) is 9.43. The van der Waals surface area contributed by atoms with E-state index in [2.05, 4.69) is 41.1 Å². The first-order valence-electron chi connectivity index (χ1n) is 13.4. The number of carbonyl (C=O) groups is 2. The van der Waals surface area contributed by atoms with E-state index in [4.69, 9.17) is 11.6 Å². The standard InChI is InChI=1S/C31H27ClN8O3S/c1-43-31(42)34-24-12-8-21(9-13-24)25-18-27(36-37-30(25)44-2)26(16-20-6-4-3-5-7-20)35-29(41)15-10-22-17-23(32)11-14-28(22)40-19-33-38-39-40/h3-15,17-19,26H,16H2,1-2H3,(H,34,42)(H,35,41)/b15-10+. The molecule has 0 aliphatic carbocycles. The molecule has 5 rings (SSSR count). The Morgan fingerprint density at radius 2 is 1.84 bits per heavy atom. The predicted octanol–water partition coefficient (Wildman–Crippen LogP) is 5.79. The Morgan fingerprint density at radius 1 is 1.05 bits per heavy atom. The van der Waals surface area contributed by atoms with Crippen LogP contribution in [0, 0.1) is 0 Å². The quantitative estimate of drug-likeness (QED) is 0.146. The molecule has 11 nitrogen and oxygen atoms in total. The molecule has 2 heterocycles. The lowest BCUT2D eigenvalue weighted by atomic mass is 10.00. The summed E-state index contributed by atoms with van der Waals surface area (Å²) in [6, 6.07) is 23.8. The highest BCUT2D eigenvalue weighted by atomic mass is 35.5. The van der Waals surface area contributed by atoms with Gasteiger partial charge < -0.3 is 10.1 Å². The van der Waals surface area contributed by atoms with Crippen LogP contribution in [0.25, 0.3) is 22.9 Å². The first kappa shape index (κ1) is 30.4. The molecule has 0 aliphatic rings. The lowest BCUT2D eigenvalue weighted by Gasteiger charge is -2.19. The fraction of sp³-hybridized carbons (Fsp3) is 0.129. The molecule has 0 aliphatic heterocycles. The Hall–Kier alpha value is -5.07. The summed E-state index contributed by atoms with van der Waals surface area (Å²) in [5, 5.41) is 27.3. The van der Waals surface area contributed by atoms with Crippen molar-refractivity contribution in [2.75, 3.05) is 18.7 Å². The van der Waals surface area contributed by atoms with Crippen molar-refractivity contribution in [2.45, 2.75) is 17.5 Å². The van der Waals surface area contributed by atoms with E-state index < -0.39 is 12.1 Å². The first-order valence-corrected chi connectivity index (χ1v) is 15.0. The minimum absolute atomic E-state index is 0.330. The molecule has 0 radical (unpaired) electrons. The SMILES string of the molecule is COC(=O)Nc1ccc(-c2cc(C(Cc3ccccc3)NC(=O)/C=C/c3cc(Cl)ccc3-n3cnnn3)nnc2SC)cc1. The van der Waals surface area contributed by atoms with Crippen molar-refractivity contribution in [1.29, 1.82) is 0 Å². The summed E-state index contributed by atoms with van der Waals surface area (Å²) in [6.45, 7) is 0. The van der Waals surface area contributed by atoms with Crippen molar-refractivity contribution in [2.24, 2.45) is 0 Å². The minimum atomic E-state index is -0.550. The number of ether oxygens (including phenoxy) is 1. The average molecular weight is 627 g/mol. The topological polar surface area (TPSA) is 137 Å². The van der Waals surface area contributed by atoms with Crippen LogP contribution < -0.4 is 10.6 Å². The van der Waals surface area contributed by atoms with Gasteiger partial charge in [-0.25, -0.2) is 4.79 Å². The Bertz CT molecular complexity index is 1770. The highest BCUT2D eigenvalue weighted by Gasteiger charge is 2.20. The van der Waals surface area contributed by atoms with E-state index in [0.717, 1.165) is 21.7 Å². The number of aromatic nitrogens is 6. The van der Waals surface area contributed by atoms with Crippen molar-refractivity contribution in [1.82, 2.24) is 35.7 Å². The van der Waals surface area contributed by atoms with E-state index in [1.54, 1.807) is 36.4 Å². The van der Waals surface area contributed by atoms with Crippen molar-refractivity contribution in [3.05, 3.63) is 113 Å². The number of hydrogen-bond donors (Lipinski definition) is 2. The molecule has 0 spiro atoms. The predicted molar refractivity (Wildman–Crippen MR) is 170 cm³/mol. The van der Waals surface area contributed by atoms with Crippen molar-refractivity contribution in [3.8, 4) is 16.8 Å². The molecular weight excluding hydrogens is 600 g/mol. The van der Waals surface area contributed by atoms with Gasteiger partial charge in [0, 0.05) is 27.9 Å². The molecule has 0 fully saturated rings. The van der Waals surface area contributed by atoms with Crippen LogP contribution in [-0.4, -0.2) is 55.8 Å². The molecule has 2 N–H and O–H groups in total. The number of hydrogen-bond acceptors (Lipinski definition) is 9. The number of carbonyl (C=O) groups excluding carboxylic acids is 2. The maximum Gasteiger partial charge on any atom is 0.411 e. The van der Waals surface area contributed by atoms with Crippen molar-refractivity contribution >= 4 is 47.1 Å². The maximum atomic E-state index is 13.3. The van der Waals surface area contributed by atoms with Gasteiger partial charge in [-0.15, -0.1) is 22.0 Å². The van der Waals surface area contributed by atoms with Gasteiger partial charge in [0.25, 0.3) is 0 Å². The van der Waals surface area contributed by atoms with Gasteiger partial charge in [-0.2, -0.15) is 9.78 Å². The number of amides is 2. The lowest BCUT2D eigenvalue weighted by Crippen LogP contribution is -2.29. The number of tetrazole rings is 1. The summed E-state index contributed by atoms with van der Waals surface area (Å²) < 4.78 is 6.17. The molecule has 3 aromatic carbocycles. The summed E-state index contributed by atoms with van der Waals surface area (Å²) in [5.74, 6) is -0.330. The number of anilines is 1. The molecule has 0 saturated heterocycles. The van der Waals surface area contributed by atoms with Crippen LogP contribution in [-0.2, 0) is 16.0 Å². The zero-order valence-electron chi connectivity index (χ0n) is 23.7. The summed E-state index contributed by atoms with van der Waals surface area (Å²) in [4.78, 5) is 24.9. The zero-order valence-corrected chi connectivity index (χ0v) is 25.3. The van der Waals surface area contributed by atoms with Crippen LogP contribution in [0.1, 0.15) is 22.9 Å². The molecular formula is C31H27ClN8O3S. The molecule has 0 bridgehead atoms. The Balaban J connectivity index is 1.44. The van der Waals surface area contributed by atoms with Gasteiger partial charge >= 0.3 is 6.09 Å². The minimum Gasteiger partial charge on any atom is -0.453 e. The van der Waals surface area contributed by atoms with Crippen molar-refractivity contribution < 1.29 is 14.3 Å². The summed E-state index contributed by atoms with van der Waals surface area (Å²) >= 11 is 7.70. The van der Waals surface area contributed by atoms with E-state index in [-0.39, 0.29) is 5.91 Å². The van der Waals surface area contributed by atoms with Crippen LogP contribution in [0.3, 0.4) is 0 Å². The Morgan fingerprint density at radius 3 is 2.55 bits per heavy atom. The molecule has 2 amide bonds. The van der Waals surface area contributed by atoms with Crippen LogP contribution in [0.15, 0.2) is 96.3 Å².